The Balaban J connectivity index is 1.88. The van der Waals surface area contributed by atoms with Gasteiger partial charge in [-0.25, -0.2) is 4.98 Å². The maximum Gasteiger partial charge on any atom is 0.128 e. The number of piperazine rings is 1. The van der Waals surface area contributed by atoms with E-state index in [1.54, 1.807) is 0 Å². The van der Waals surface area contributed by atoms with E-state index >= 15 is 0 Å². The molecule has 1 aromatic rings. The molecule has 5 heteroatoms. The van der Waals surface area contributed by atoms with Crippen molar-refractivity contribution >= 4 is 11.7 Å². The Morgan fingerprint density at radius 2 is 2.06 bits per heavy atom. The fourth-order valence-corrected chi connectivity index (χ4v) is 1.92. The molecular formula is C11H17N5. The Bertz CT molecular complexity index is 343. The van der Waals surface area contributed by atoms with Crippen molar-refractivity contribution in [3.63, 3.8) is 0 Å². The summed E-state index contributed by atoms with van der Waals surface area (Å²) in [6, 6.07) is 5.96. The first-order valence-corrected chi connectivity index (χ1v) is 5.47. The number of hydrogen-bond donors (Lipinski definition) is 2. The van der Waals surface area contributed by atoms with Crippen LogP contribution in [0, 0.1) is 5.41 Å². The summed E-state index contributed by atoms with van der Waals surface area (Å²) in [6.07, 6.45) is 1.82. The van der Waals surface area contributed by atoms with E-state index in [1.165, 1.54) is 0 Å². The molecule has 1 saturated heterocycles. The van der Waals surface area contributed by atoms with Crippen LogP contribution < -0.4 is 10.6 Å². The zero-order valence-corrected chi connectivity index (χ0v) is 9.26. The molecule has 0 radical (unpaired) electrons. The molecule has 86 valence electrons. The third-order valence-corrected chi connectivity index (χ3v) is 2.74. The lowest BCUT2D eigenvalue weighted by Gasteiger charge is -2.35. The van der Waals surface area contributed by atoms with Gasteiger partial charge in [0.05, 0.1) is 6.54 Å². The van der Waals surface area contributed by atoms with Gasteiger partial charge in [0.15, 0.2) is 0 Å². The van der Waals surface area contributed by atoms with Crippen LogP contribution in [0.2, 0.25) is 0 Å². The van der Waals surface area contributed by atoms with Crippen LogP contribution in [-0.2, 0) is 0 Å². The Labute approximate surface area is 95.4 Å². The molecule has 2 heterocycles. The predicted octanol–water partition coefficient (Wildman–Crippen LogP) is 0.140. The number of anilines is 1. The summed E-state index contributed by atoms with van der Waals surface area (Å²) in [5.41, 5.74) is 5.38. The second kappa shape index (κ2) is 4.94. The number of rotatable bonds is 3. The lowest BCUT2D eigenvalue weighted by atomic mass is 10.3. The van der Waals surface area contributed by atoms with Gasteiger partial charge >= 0.3 is 0 Å². The molecule has 0 atom stereocenters. The van der Waals surface area contributed by atoms with E-state index in [0.717, 1.165) is 32.0 Å². The monoisotopic (exact) mass is 219 g/mol. The normalized spacial score (nSPS) is 17.4. The molecule has 16 heavy (non-hydrogen) atoms. The van der Waals surface area contributed by atoms with Crippen LogP contribution >= 0.6 is 0 Å². The zero-order valence-electron chi connectivity index (χ0n) is 9.26. The molecule has 5 nitrogen and oxygen atoms in total. The van der Waals surface area contributed by atoms with E-state index in [9.17, 15) is 0 Å². The molecule has 0 aromatic carbocycles. The van der Waals surface area contributed by atoms with Crippen LogP contribution in [0.4, 0.5) is 5.82 Å². The third-order valence-electron chi connectivity index (χ3n) is 2.74. The van der Waals surface area contributed by atoms with Crippen molar-refractivity contribution in [3.8, 4) is 0 Å². The maximum atomic E-state index is 7.26. The van der Waals surface area contributed by atoms with Gasteiger partial charge in [-0.05, 0) is 12.1 Å². The van der Waals surface area contributed by atoms with E-state index in [0.29, 0.717) is 6.54 Å². The second-order valence-electron chi connectivity index (χ2n) is 3.98. The topological polar surface area (TPSA) is 69.2 Å². The van der Waals surface area contributed by atoms with E-state index in [1.807, 2.05) is 24.4 Å². The molecule has 0 amide bonds. The lowest BCUT2D eigenvalue weighted by Crippen LogP contribution is -2.49. The number of nitrogens with one attached hydrogen (secondary N) is 1. The minimum Gasteiger partial charge on any atom is -0.387 e. The lowest BCUT2D eigenvalue weighted by molar-refractivity contribution is 0.290. The van der Waals surface area contributed by atoms with Crippen LogP contribution in [0.5, 0.6) is 0 Å². The third kappa shape index (κ3) is 2.70. The smallest absolute Gasteiger partial charge is 0.128 e. The average Bonchev–Trinajstić information content (AvgIpc) is 2.30. The van der Waals surface area contributed by atoms with Gasteiger partial charge in [0.1, 0.15) is 11.7 Å². The van der Waals surface area contributed by atoms with E-state index in [4.69, 9.17) is 11.1 Å². The van der Waals surface area contributed by atoms with Crippen molar-refractivity contribution in [3.05, 3.63) is 24.4 Å². The quantitative estimate of drug-likeness (QED) is 0.560. The molecule has 1 aromatic heterocycles. The van der Waals surface area contributed by atoms with Crippen molar-refractivity contribution < 1.29 is 0 Å². The number of pyridine rings is 1. The second-order valence-corrected chi connectivity index (χ2v) is 3.98. The van der Waals surface area contributed by atoms with Gasteiger partial charge in [0.25, 0.3) is 0 Å². The Kier molecular flexibility index (Phi) is 3.36. The van der Waals surface area contributed by atoms with Gasteiger partial charge in [0.2, 0.25) is 0 Å². The van der Waals surface area contributed by atoms with Crippen molar-refractivity contribution in [2.45, 2.75) is 0 Å². The zero-order chi connectivity index (χ0) is 11.4. The molecule has 1 aliphatic rings. The van der Waals surface area contributed by atoms with Crippen molar-refractivity contribution in [1.82, 2.24) is 9.88 Å². The highest BCUT2D eigenvalue weighted by molar-refractivity contribution is 5.78. The summed E-state index contributed by atoms with van der Waals surface area (Å²) in [7, 11) is 0. The van der Waals surface area contributed by atoms with Crippen molar-refractivity contribution in [2.24, 2.45) is 5.73 Å². The minimum atomic E-state index is 0.242. The highest BCUT2D eigenvalue weighted by atomic mass is 15.3. The van der Waals surface area contributed by atoms with Gasteiger partial charge in [-0.2, -0.15) is 0 Å². The van der Waals surface area contributed by atoms with Gasteiger partial charge < -0.3 is 10.6 Å². The Hall–Kier alpha value is -1.62. The molecule has 2 rings (SSSR count). The van der Waals surface area contributed by atoms with Crippen molar-refractivity contribution in [1.29, 1.82) is 5.41 Å². The van der Waals surface area contributed by atoms with E-state index in [-0.39, 0.29) is 5.84 Å². The summed E-state index contributed by atoms with van der Waals surface area (Å²) in [6.45, 7) is 4.36. The van der Waals surface area contributed by atoms with Crippen molar-refractivity contribution in [2.75, 3.05) is 37.6 Å². The largest absolute Gasteiger partial charge is 0.387 e. The number of aromatic nitrogens is 1. The molecule has 1 aliphatic heterocycles. The van der Waals surface area contributed by atoms with Crippen LogP contribution in [0.3, 0.4) is 0 Å². The summed E-state index contributed by atoms with van der Waals surface area (Å²) in [5, 5.41) is 7.26. The van der Waals surface area contributed by atoms with Gasteiger partial charge in [0, 0.05) is 32.4 Å². The fourth-order valence-electron chi connectivity index (χ4n) is 1.92. The van der Waals surface area contributed by atoms with E-state index < -0.39 is 0 Å². The van der Waals surface area contributed by atoms with Crippen LogP contribution in [0.25, 0.3) is 0 Å². The molecular weight excluding hydrogens is 202 g/mol. The number of hydrogen-bond acceptors (Lipinski definition) is 4. The fraction of sp³-hybridized carbons (Fsp3) is 0.455. The molecule has 0 unspecified atom stereocenters. The summed E-state index contributed by atoms with van der Waals surface area (Å²) < 4.78 is 0. The molecule has 0 aliphatic carbocycles. The molecule has 3 N–H and O–H groups in total. The van der Waals surface area contributed by atoms with Crippen LogP contribution in [0.15, 0.2) is 24.4 Å². The summed E-state index contributed by atoms with van der Waals surface area (Å²) >= 11 is 0. The maximum absolute atomic E-state index is 7.26. The molecule has 1 fully saturated rings. The highest BCUT2D eigenvalue weighted by Crippen LogP contribution is 2.11. The standard InChI is InChI=1S/C11H17N5/c12-10(13)9-15-5-7-16(8-6-15)11-3-1-2-4-14-11/h1-4H,5-9H2,(H3,12,13). The van der Waals surface area contributed by atoms with Gasteiger partial charge in [-0.3, -0.25) is 10.3 Å². The Morgan fingerprint density at radius 1 is 1.31 bits per heavy atom. The van der Waals surface area contributed by atoms with Gasteiger partial charge in [-0.1, -0.05) is 6.07 Å². The Morgan fingerprint density at radius 3 is 2.62 bits per heavy atom. The average molecular weight is 219 g/mol. The molecule has 0 spiro atoms. The summed E-state index contributed by atoms with van der Waals surface area (Å²) in [5.74, 6) is 1.27. The SMILES string of the molecule is N=C(N)CN1CCN(c2ccccn2)CC1. The first-order chi connectivity index (χ1) is 7.75. The number of amidine groups is 1. The van der Waals surface area contributed by atoms with Gasteiger partial charge in [-0.15, -0.1) is 0 Å². The van der Waals surface area contributed by atoms with E-state index in [2.05, 4.69) is 14.8 Å². The first kappa shape index (κ1) is 10.9. The first-order valence-electron chi connectivity index (χ1n) is 5.47. The molecule has 0 bridgehead atoms. The highest BCUT2D eigenvalue weighted by Gasteiger charge is 2.17. The number of nitrogens with two attached hydrogens (primary N) is 1. The van der Waals surface area contributed by atoms with Crippen LogP contribution in [-0.4, -0.2) is 48.4 Å². The minimum absolute atomic E-state index is 0.242. The predicted molar refractivity (Wildman–Crippen MR) is 64.8 cm³/mol. The number of nitrogens with zero attached hydrogens (tertiary/aromatic N) is 3. The van der Waals surface area contributed by atoms with Crippen LogP contribution in [0.1, 0.15) is 0 Å². The summed E-state index contributed by atoms with van der Waals surface area (Å²) in [4.78, 5) is 8.79. The molecule has 0 saturated carbocycles.